The summed E-state index contributed by atoms with van der Waals surface area (Å²) in [7, 11) is -8.93. The van der Waals surface area contributed by atoms with Crippen LogP contribution in [-0.2, 0) is 90.7 Å². The van der Waals surface area contributed by atoms with Crippen LogP contribution in [0, 0.1) is 0 Å². The zero-order valence-corrected chi connectivity index (χ0v) is 69.9. The van der Waals surface area contributed by atoms with E-state index >= 15 is 0 Å². The smallest absolute Gasteiger partial charge is 0.416 e. The van der Waals surface area contributed by atoms with Gasteiger partial charge in [-0.05, 0) is 141 Å². The molecule has 3 N–H and O–H groups in total. The highest BCUT2D eigenvalue weighted by Gasteiger charge is 2.60. The number of anilines is 2. The maximum atomic E-state index is 14.5. The fourth-order valence-corrected chi connectivity index (χ4v) is 17.8. The van der Waals surface area contributed by atoms with Crippen LogP contribution in [0.2, 0.25) is 61.9 Å². The first-order valence-electron chi connectivity index (χ1n) is 36.6. The molecule has 35 nitrogen and oxygen atoms in total. The van der Waals surface area contributed by atoms with Crippen molar-refractivity contribution in [3.63, 3.8) is 0 Å². The zero-order valence-electron chi connectivity index (χ0n) is 64.6. The lowest BCUT2D eigenvalue weighted by Gasteiger charge is -2.38. The fraction of sp³-hybridized carbons (Fsp3) is 0.803. The first kappa shape index (κ1) is 83.2. The van der Waals surface area contributed by atoms with Gasteiger partial charge in [0.25, 0.3) is 0 Å². The maximum absolute atomic E-state index is 14.5. The molecular weight excluding hydrogens is 1510 g/mol. The summed E-state index contributed by atoms with van der Waals surface area (Å²) in [6.45, 7) is 33.3. The van der Waals surface area contributed by atoms with E-state index < -0.39 is 120 Å². The van der Waals surface area contributed by atoms with Gasteiger partial charge in [0.2, 0.25) is 10.6 Å². The van der Waals surface area contributed by atoms with Crippen LogP contribution < -0.4 is 10.2 Å². The molecule has 2 aliphatic carbocycles. The van der Waals surface area contributed by atoms with Crippen LogP contribution in [0.15, 0.2) is 12.4 Å². The number of ether oxygens (including phenoxy) is 13. The molecule has 6 fully saturated rings. The van der Waals surface area contributed by atoms with Crippen molar-refractivity contribution in [2.75, 3.05) is 89.7 Å². The quantitative estimate of drug-likeness (QED) is 0.0149. The van der Waals surface area contributed by atoms with E-state index in [0.29, 0.717) is 64.6 Å². The van der Waals surface area contributed by atoms with E-state index in [9.17, 15) is 19.0 Å². The molecule has 6 aromatic heterocycles. The van der Waals surface area contributed by atoms with Gasteiger partial charge in [-0.3, -0.25) is 4.90 Å². The fourth-order valence-electron chi connectivity index (χ4n) is 13.6. The van der Waals surface area contributed by atoms with Crippen molar-refractivity contribution < 1.29 is 80.6 Å². The Labute approximate surface area is 635 Å². The second-order valence-corrected chi connectivity index (χ2v) is 52.4. The van der Waals surface area contributed by atoms with Gasteiger partial charge < -0.3 is 81.1 Å². The van der Waals surface area contributed by atoms with Gasteiger partial charge in [0.05, 0.1) is 62.8 Å². The number of aromatic nitrogens is 16. The molecule has 10 atom stereocenters. The van der Waals surface area contributed by atoms with Crippen molar-refractivity contribution >= 4 is 93.4 Å². The van der Waals surface area contributed by atoms with Gasteiger partial charge in [-0.2, -0.15) is 35.3 Å². The first-order chi connectivity index (χ1) is 50.2. The van der Waals surface area contributed by atoms with Gasteiger partial charge in [-0.25, -0.2) is 14.2 Å². The second-order valence-electron chi connectivity index (χ2n) is 33.5. The molecule has 107 heavy (non-hydrogen) atoms. The second kappa shape index (κ2) is 33.5. The van der Waals surface area contributed by atoms with E-state index in [1.54, 1.807) is 40.0 Å². The summed E-state index contributed by atoms with van der Waals surface area (Å²) in [6, 6.07) is 2.12. The van der Waals surface area contributed by atoms with Crippen LogP contribution in [0.4, 0.5) is 16.4 Å². The zero-order chi connectivity index (χ0) is 77.3. The molecule has 4 aliphatic heterocycles. The highest BCUT2D eigenvalue weighted by molar-refractivity contribution is 7.64. The Morgan fingerprint density at radius 1 is 0.682 bits per heavy atom. The molecule has 6 aliphatic rings. The number of aliphatic hydroxyl groups excluding tert-OH is 1. The summed E-state index contributed by atoms with van der Waals surface area (Å²) < 4.78 is 113. The molecule has 0 unspecified atom stereocenters. The number of carbonyl (C=O) groups is 1. The Morgan fingerprint density at radius 3 is 1.73 bits per heavy atom. The monoisotopic (exact) mass is 1610 g/mol. The molecule has 0 spiro atoms. The summed E-state index contributed by atoms with van der Waals surface area (Å²) in [5, 5.41) is 47.8. The number of amides is 1. The standard InChI is InChI=1S/C41H71ClN9O10PSi2.C25H37ClN9O7P/c1-39(2,3)61-38(52)50(28-16-14-15-17-28)34-29-22-43-51(35(29)45-37(42)44-34)36-33-32(59-40(4,5)60-33)30(58-36)23-57-41(62(6,7)53,25-54-18-20-63(8,9)10)26-56-24-31-46-48-49(47-31)27-55-19-21-64(11,12)13;1-24(2)41-18-16(10-39-25(12-36,43(3,4)37)13-38-11-17-31-33-34-32-17)40-22(19(18)42-24)35-21-15(9-27-35)20(29-23(26)30-21)28-14-7-5-6-8-14/h22,28,30,32-33,36H,14-21,23-27H2,1-13H3;9,14,16,18-19,22,36H,5-8,10-13H2,1-4H3,(H,28,29,30)(H,31,32,33,34)/t30-,32-,33-,36-,41-;16-,18-,19-,22-,25-/m11/s1. The van der Waals surface area contributed by atoms with Crippen molar-refractivity contribution in [2.45, 2.75) is 260 Å². The molecule has 0 bridgehead atoms. The van der Waals surface area contributed by atoms with Crippen molar-refractivity contribution in [2.24, 2.45) is 0 Å². The van der Waals surface area contributed by atoms with Gasteiger partial charge in [0, 0.05) is 41.4 Å². The Kier molecular flexibility index (Phi) is 26.1. The lowest BCUT2D eigenvalue weighted by Crippen LogP contribution is -2.46. The van der Waals surface area contributed by atoms with Gasteiger partial charge in [0.1, 0.15) is 75.5 Å². The number of halogens is 2. The largest absolute Gasteiger partial charge is 0.443 e. The molecule has 596 valence electrons. The lowest BCUT2D eigenvalue weighted by molar-refractivity contribution is -0.208. The van der Waals surface area contributed by atoms with Crippen molar-refractivity contribution in [1.29, 1.82) is 0 Å². The number of tetrazole rings is 2. The SMILES string of the molecule is CC(C)(C)OC(=O)N(c1nc(Cl)nc2c1cnn2[C@@H]1O[C@H](CO[C@@](COCC[Si](C)(C)C)(COCc2nnn(COCC[Si](C)(C)C)n2)P(C)(C)=O)[C@H]2OC(C)(C)O[C@H]21)C1CCCC1.CC1(C)O[C@@H]2[C@H](O1)[C@@H](CO[C@@](CO)(COCc1nn[nH]n1)P(C)(C)=O)O[C@H]2n1ncc2c(NC3CCCC3)nc(Cl)nc21. The minimum atomic E-state index is -3.15. The number of hydrogen-bond donors (Lipinski definition) is 3. The third kappa shape index (κ3) is 20.6. The Bertz CT molecular complexity index is 4070. The highest BCUT2D eigenvalue weighted by Crippen LogP contribution is 2.55. The number of aromatic amines is 1. The molecule has 1 amide bonds. The van der Waals surface area contributed by atoms with Crippen molar-refractivity contribution in [3.8, 4) is 0 Å². The summed E-state index contributed by atoms with van der Waals surface area (Å²) in [6.07, 6.45) is 5.36. The molecule has 6 aromatic rings. The molecule has 0 radical (unpaired) electrons. The van der Waals surface area contributed by atoms with E-state index in [4.69, 9.17) is 89.9 Å². The average molecular weight is 1610 g/mol. The molecule has 10 heterocycles. The average Bonchev–Trinajstić information content (AvgIpc) is 1.59. The van der Waals surface area contributed by atoms with Gasteiger partial charge in [-0.1, -0.05) is 70.2 Å². The Morgan fingerprint density at radius 2 is 1.19 bits per heavy atom. The van der Waals surface area contributed by atoms with Crippen LogP contribution >= 0.6 is 37.5 Å². The van der Waals surface area contributed by atoms with Gasteiger partial charge in [-0.15, -0.1) is 25.2 Å². The van der Waals surface area contributed by atoms with E-state index in [2.05, 4.69) is 106 Å². The number of nitrogens with zero attached hydrogens (tertiary/aromatic N) is 16. The number of hydrogen-bond acceptors (Lipinski definition) is 30. The number of carbonyl (C=O) groups excluding carboxylic acids is 1. The van der Waals surface area contributed by atoms with Crippen LogP contribution in [0.5, 0.6) is 0 Å². The Hall–Kier alpha value is -4.74. The predicted octanol–water partition coefficient (Wildman–Crippen LogP) is 10.1. The minimum Gasteiger partial charge on any atom is -0.443 e. The first-order valence-corrected chi connectivity index (χ1v) is 50.0. The Balaban J connectivity index is 0.000000230. The minimum absolute atomic E-state index is 0.00234. The van der Waals surface area contributed by atoms with Crippen LogP contribution in [-0.4, -0.2) is 264 Å². The van der Waals surface area contributed by atoms with Crippen molar-refractivity contribution in [1.82, 2.24) is 80.3 Å². The summed E-state index contributed by atoms with van der Waals surface area (Å²) in [5.74, 6) is -0.293. The highest BCUT2D eigenvalue weighted by atomic mass is 35.5. The molecule has 41 heteroatoms. The van der Waals surface area contributed by atoms with Crippen molar-refractivity contribution in [3.05, 3.63) is 34.6 Å². The lowest BCUT2D eigenvalue weighted by atomic mass is 10.1. The molecule has 2 saturated carbocycles. The van der Waals surface area contributed by atoms with Gasteiger partial charge in [0.15, 0.2) is 70.2 Å². The summed E-state index contributed by atoms with van der Waals surface area (Å²) in [5.41, 5.74) is 0.0950. The number of H-pyrrole nitrogens is 1. The third-order valence-corrected chi connectivity index (χ3v) is 28.0. The van der Waals surface area contributed by atoms with Gasteiger partial charge >= 0.3 is 6.09 Å². The van der Waals surface area contributed by atoms with Crippen LogP contribution in [0.3, 0.4) is 0 Å². The van der Waals surface area contributed by atoms with E-state index in [1.165, 1.54) is 31.0 Å². The van der Waals surface area contributed by atoms with E-state index in [0.717, 1.165) is 50.6 Å². The molecular formula is C66H108Cl2N18O17P2Si2. The number of fused-ring (bicyclic) bond motifs is 4. The molecule has 0 aromatic carbocycles. The third-order valence-electron chi connectivity index (χ3n) is 19.5. The maximum Gasteiger partial charge on any atom is 0.416 e. The van der Waals surface area contributed by atoms with E-state index in [-0.39, 0.29) is 69.6 Å². The topological polar surface area (TPSA) is 392 Å². The van der Waals surface area contributed by atoms with Crippen LogP contribution in [0.25, 0.3) is 22.1 Å². The number of aliphatic hydroxyl groups is 1. The normalized spacial score (nSPS) is 24.6. The van der Waals surface area contributed by atoms with Crippen LogP contribution in [0.1, 0.15) is 124 Å². The summed E-state index contributed by atoms with van der Waals surface area (Å²) >= 11 is 13.0. The molecule has 4 saturated heterocycles. The number of rotatable bonds is 33. The molecule has 12 rings (SSSR count). The number of nitrogens with one attached hydrogen (secondary N) is 2. The predicted molar refractivity (Wildman–Crippen MR) is 401 cm³/mol. The van der Waals surface area contributed by atoms with E-state index in [1.807, 2.05) is 48.5 Å². The summed E-state index contributed by atoms with van der Waals surface area (Å²) in [4.78, 5) is 34.9.